The van der Waals surface area contributed by atoms with Crippen LogP contribution in [0.4, 0.5) is 0 Å². The Morgan fingerprint density at radius 3 is 2.52 bits per heavy atom. The second kappa shape index (κ2) is 9.96. The molecule has 0 bridgehead atoms. The summed E-state index contributed by atoms with van der Waals surface area (Å²) in [5.74, 6) is 2.67. The number of benzene rings is 1. The molecule has 27 heavy (non-hydrogen) atoms. The Balaban J connectivity index is 0.00000210. The van der Waals surface area contributed by atoms with Gasteiger partial charge in [0.1, 0.15) is 5.75 Å². The van der Waals surface area contributed by atoms with Crippen molar-refractivity contribution in [3.05, 3.63) is 29.8 Å². The summed E-state index contributed by atoms with van der Waals surface area (Å²) in [6.07, 6.45) is 7.86. The first-order valence-electron chi connectivity index (χ1n) is 10.2. The van der Waals surface area contributed by atoms with E-state index in [0.717, 1.165) is 36.8 Å². The predicted molar refractivity (Wildman–Crippen MR) is 121 cm³/mol. The van der Waals surface area contributed by atoms with E-state index in [1.54, 1.807) is 0 Å². The number of nitrogens with zero attached hydrogens (tertiary/aromatic N) is 2. The maximum Gasteiger partial charge on any atom is 0.191 e. The Morgan fingerprint density at radius 1 is 1.11 bits per heavy atom. The number of nitrogens with one attached hydrogen (secondary N) is 2. The zero-order chi connectivity index (χ0) is 17.8. The highest BCUT2D eigenvalue weighted by molar-refractivity contribution is 14.0. The molecule has 1 aliphatic heterocycles. The van der Waals surface area contributed by atoms with Crippen LogP contribution >= 0.6 is 24.0 Å². The van der Waals surface area contributed by atoms with E-state index in [0.29, 0.717) is 6.04 Å². The summed E-state index contributed by atoms with van der Waals surface area (Å²) >= 11 is 0. The molecule has 2 saturated carbocycles. The lowest BCUT2D eigenvalue weighted by Gasteiger charge is -2.33. The zero-order valence-corrected chi connectivity index (χ0v) is 18.7. The molecule has 1 aromatic carbocycles. The fourth-order valence-electron chi connectivity index (χ4n) is 3.70. The summed E-state index contributed by atoms with van der Waals surface area (Å²) in [4.78, 5) is 7.07. The lowest BCUT2D eigenvalue weighted by molar-refractivity contribution is 0.197. The van der Waals surface area contributed by atoms with Gasteiger partial charge in [-0.3, -0.25) is 4.99 Å². The third kappa shape index (κ3) is 6.24. The lowest BCUT2D eigenvalue weighted by Crippen LogP contribution is -2.48. The minimum atomic E-state index is 0. The van der Waals surface area contributed by atoms with Crippen LogP contribution in [-0.2, 0) is 6.54 Å². The molecular formula is C21H33IN4O. The monoisotopic (exact) mass is 484 g/mol. The molecule has 4 rings (SSSR count). The Morgan fingerprint density at radius 2 is 1.85 bits per heavy atom. The molecule has 150 valence electrons. The summed E-state index contributed by atoms with van der Waals surface area (Å²) in [6, 6.07) is 9.75. The highest BCUT2D eigenvalue weighted by Crippen LogP contribution is 2.30. The largest absolute Gasteiger partial charge is 0.493 e. The number of aliphatic imine (C=N–C) groups is 1. The number of piperidine rings is 1. The van der Waals surface area contributed by atoms with Gasteiger partial charge in [-0.2, -0.15) is 0 Å². The van der Waals surface area contributed by atoms with Crippen molar-refractivity contribution >= 4 is 29.9 Å². The Kier molecular flexibility index (Phi) is 7.64. The van der Waals surface area contributed by atoms with Gasteiger partial charge in [0.2, 0.25) is 0 Å². The molecule has 0 radical (unpaired) electrons. The minimum Gasteiger partial charge on any atom is -0.493 e. The van der Waals surface area contributed by atoms with Crippen LogP contribution in [0.15, 0.2) is 29.3 Å². The number of likely N-dealkylation sites (tertiary alicyclic amines) is 1. The molecule has 6 heteroatoms. The molecule has 3 fully saturated rings. The van der Waals surface area contributed by atoms with E-state index < -0.39 is 0 Å². The highest BCUT2D eigenvalue weighted by atomic mass is 127. The average Bonchev–Trinajstić information content (AvgIpc) is 3.58. The molecule has 0 spiro atoms. The molecule has 1 saturated heterocycles. The van der Waals surface area contributed by atoms with Crippen LogP contribution in [0.5, 0.6) is 5.75 Å². The van der Waals surface area contributed by atoms with Gasteiger partial charge < -0.3 is 20.3 Å². The SMILES string of the molecule is CN=C(NCc1ccccc1OCC1CC1)NC1CCN(C2CC2)CC1.I. The van der Waals surface area contributed by atoms with Gasteiger partial charge in [-0.25, -0.2) is 0 Å². The van der Waals surface area contributed by atoms with Crippen molar-refractivity contribution in [3.8, 4) is 5.75 Å². The molecule has 5 nitrogen and oxygen atoms in total. The molecule has 1 aromatic rings. The minimum absolute atomic E-state index is 0. The summed E-state index contributed by atoms with van der Waals surface area (Å²) in [7, 11) is 1.85. The standard InChI is InChI=1S/C21H32N4O.HI/c1-22-21(24-18-10-12-25(13-11-18)19-8-9-19)23-14-17-4-2-3-5-20(17)26-15-16-6-7-16;/h2-5,16,18-19H,6-15H2,1H3,(H2,22,23,24);1H. The van der Waals surface area contributed by atoms with Gasteiger partial charge in [0.05, 0.1) is 6.61 Å². The van der Waals surface area contributed by atoms with Crippen molar-refractivity contribution in [3.63, 3.8) is 0 Å². The van der Waals surface area contributed by atoms with Gasteiger partial charge in [0.15, 0.2) is 5.96 Å². The van der Waals surface area contributed by atoms with Crippen LogP contribution in [0.3, 0.4) is 0 Å². The highest BCUT2D eigenvalue weighted by Gasteiger charge is 2.31. The van der Waals surface area contributed by atoms with Crippen molar-refractivity contribution < 1.29 is 4.74 Å². The van der Waals surface area contributed by atoms with E-state index in [4.69, 9.17) is 4.74 Å². The molecule has 0 unspecified atom stereocenters. The Hall–Kier alpha value is -1.02. The van der Waals surface area contributed by atoms with Gasteiger partial charge >= 0.3 is 0 Å². The molecular weight excluding hydrogens is 451 g/mol. The lowest BCUT2D eigenvalue weighted by atomic mass is 10.1. The van der Waals surface area contributed by atoms with Gasteiger partial charge in [-0.15, -0.1) is 24.0 Å². The molecule has 1 heterocycles. The number of guanidine groups is 1. The van der Waals surface area contributed by atoms with Crippen LogP contribution in [0.1, 0.15) is 44.1 Å². The smallest absolute Gasteiger partial charge is 0.191 e. The van der Waals surface area contributed by atoms with E-state index >= 15 is 0 Å². The quantitative estimate of drug-likeness (QED) is 0.354. The fraction of sp³-hybridized carbons (Fsp3) is 0.667. The molecule has 0 aromatic heterocycles. The number of rotatable bonds is 7. The third-order valence-electron chi connectivity index (χ3n) is 5.75. The molecule has 2 aliphatic carbocycles. The first-order chi connectivity index (χ1) is 12.8. The summed E-state index contributed by atoms with van der Waals surface area (Å²) in [6.45, 7) is 4.03. The summed E-state index contributed by atoms with van der Waals surface area (Å²) in [5.41, 5.74) is 1.19. The maximum atomic E-state index is 6.01. The van der Waals surface area contributed by atoms with Crippen LogP contribution in [0.2, 0.25) is 0 Å². The van der Waals surface area contributed by atoms with Crippen molar-refractivity contribution in [2.24, 2.45) is 10.9 Å². The average molecular weight is 484 g/mol. The second-order valence-electron chi connectivity index (χ2n) is 7.97. The van der Waals surface area contributed by atoms with Gasteiger partial charge in [-0.05, 0) is 50.5 Å². The predicted octanol–water partition coefficient (Wildman–Crippen LogP) is 3.39. The number of para-hydroxylation sites is 1. The zero-order valence-electron chi connectivity index (χ0n) is 16.3. The van der Waals surface area contributed by atoms with E-state index in [1.165, 1.54) is 57.2 Å². The number of halogens is 1. The van der Waals surface area contributed by atoms with Crippen LogP contribution in [0, 0.1) is 5.92 Å². The van der Waals surface area contributed by atoms with Crippen molar-refractivity contribution in [1.29, 1.82) is 0 Å². The first-order valence-corrected chi connectivity index (χ1v) is 10.2. The Bertz CT molecular complexity index is 622. The van der Waals surface area contributed by atoms with Crippen LogP contribution in [0.25, 0.3) is 0 Å². The van der Waals surface area contributed by atoms with Crippen LogP contribution < -0.4 is 15.4 Å². The van der Waals surface area contributed by atoms with Crippen molar-refractivity contribution in [2.75, 3.05) is 26.7 Å². The maximum absolute atomic E-state index is 6.01. The summed E-state index contributed by atoms with van der Waals surface area (Å²) in [5, 5.41) is 7.08. The van der Waals surface area contributed by atoms with Gasteiger partial charge in [-0.1, -0.05) is 18.2 Å². The van der Waals surface area contributed by atoms with E-state index in [2.05, 4.69) is 38.7 Å². The fourth-order valence-corrected chi connectivity index (χ4v) is 3.70. The van der Waals surface area contributed by atoms with Crippen LogP contribution in [-0.4, -0.2) is 49.7 Å². The summed E-state index contributed by atoms with van der Waals surface area (Å²) < 4.78 is 6.01. The second-order valence-corrected chi connectivity index (χ2v) is 7.97. The van der Waals surface area contributed by atoms with Crippen molar-refractivity contribution in [2.45, 2.75) is 57.2 Å². The topological polar surface area (TPSA) is 48.9 Å². The van der Waals surface area contributed by atoms with E-state index in [1.807, 2.05) is 13.1 Å². The Labute approximate surface area is 180 Å². The third-order valence-corrected chi connectivity index (χ3v) is 5.75. The first kappa shape index (κ1) is 20.7. The van der Waals surface area contributed by atoms with Gasteiger partial charge in [0.25, 0.3) is 0 Å². The normalized spacial score (nSPS) is 21.4. The van der Waals surface area contributed by atoms with E-state index in [9.17, 15) is 0 Å². The molecule has 2 N–H and O–H groups in total. The number of hydrogen-bond donors (Lipinski definition) is 2. The van der Waals surface area contributed by atoms with Crippen molar-refractivity contribution in [1.82, 2.24) is 15.5 Å². The van der Waals surface area contributed by atoms with Gasteiger partial charge in [0, 0.05) is 44.3 Å². The molecule has 0 amide bonds. The molecule has 3 aliphatic rings. The number of ether oxygens (including phenoxy) is 1. The number of hydrogen-bond acceptors (Lipinski definition) is 3. The molecule has 0 atom stereocenters. The van der Waals surface area contributed by atoms with E-state index in [-0.39, 0.29) is 24.0 Å².